The number of para-hydroxylation sites is 1. The third-order valence-corrected chi connectivity index (χ3v) is 2.65. The Morgan fingerprint density at radius 3 is 2.72 bits per heavy atom. The zero-order valence-electron chi connectivity index (χ0n) is 10.5. The molecule has 4 nitrogen and oxygen atoms in total. The van der Waals surface area contributed by atoms with Gasteiger partial charge >= 0.3 is 0 Å². The van der Waals surface area contributed by atoms with E-state index in [9.17, 15) is 4.79 Å². The number of carbonyl (C=O) groups is 1. The minimum atomic E-state index is -0.608. The maximum Gasteiger partial charge on any atom is 0.261 e. The average molecular weight is 272 g/mol. The van der Waals surface area contributed by atoms with Crippen LogP contribution in [0.2, 0.25) is 5.02 Å². The molecule has 0 bridgehead atoms. The molecular weight excluding hydrogens is 254 g/mol. The molecule has 0 heterocycles. The molecule has 1 rings (SSSR count). The van der Waals surface area contributed by atoms with Gasteiger partial charge in [0, 0.05) is 6.54 Å². The van der Waals surface area contributed by atoms with Crippen molar-refractivity contribution in [1.82, 2.24) is 5.32 Å². The van der Waals surface area contributed by atoms with E-state index in [4.69, 9.17) is 21.4 Å². The summed E-state index contributed by atoms with van der Waals surface area (Å²) in [6, 6.07) is 7.01. The van der Waals surface area contributed by atoms with Gasteiger partial charge in [0.1, 0.15) is 5.75 Å². The third kappa shape index (κ3) is 4.55. The molecule has 2 atom stereocenters. The van der Waals surface area contributed by atoms with Gasteiger partial charge in [0.15, 0.2) is 6.10 Å². The SMILES string of the molecule is CCC(Oc1ccccc1Cl)C(=O)NCC(C)O. The van der Waals surface area contributed by atoms with Crippen molar-refractivity contribution in [3.05, 3.63) is 29.3 Å². The smallest absolute Gasteiger partial charge is 0.261 e. The highest BCUT2D eigenvalue weighted by Gasteiger charge is 2.19. The number of carbonyl (C=O) groups excluding carboxylic acids is 1. The lowest BCUT2D eigenvalue weighted by Gasteiger charge is -2.18. The van der Waals surface area contributed by atoms with Crippen molar-refractivity contribution in [1.29, 1.82) is 0 Å². The van der Waals surface area contributed by atoms with Gasteiger partial charge in [0.05, 0.1) is 11.1 Å². The van der Waals surface area contributed by atoms with Gasteiger partial charge in [0.2, 0.25) is 0 Å². The van der Waals surface area contributed by atoms with E-state index in [1.807, 2.05) is 6.92 Å². The van der Waals surface area contributed by atoms with Crippen molar-refractivity contribution in [3.8, 4) is 5.75 Å². The van der Waals surface area contributed by atoms with E-state index >= 15 is 0 Å². The lowest BCUT2D eigenvalue weighted by molar-refractivity contribution is -0.128. The quantitative estimate of drug-likeness (QED) is 0.832. The minimum Gasteiger partial charge on any atom is -0.479 e. The highest BCUT2D eigenvalue weighted by Crippen LogP contribution is 2.24. The van der Waals surface area contributed by atoms with E-state index in [0.29, 0.717) is 17.2 Å². The van der Waals surface area contributed by atoms with Gasteiger partial charge in [-0.2, -0.15) is 0 Å². The number of amides is 1. The van der Waals surface area contributed by atoms with Gasteiger partial charge in [-0.1, -0.05) is 30.7 Å². The number of nitrogens with one attached hydrogen (secondary N) is 1. The van der Waals surface area contributed by atoms with Crippen LogP contribution in [0.5, 0.6) is 5.75 Å². The fourth-order valence-corrected chi connectivity index (χ4v) is 1.56. The van der Waals surface area contributed by atoms with Crippen LogP contribution in [0.4, 0.5) is 0 Å². The van der Waals surface area contributed by atoms with E-state index in [2.05, 4.69) is 5.32 Å². The first-order valence-electron chi connectivity index (χ1n) is 5.91. The van der Waals surface area contributed by atoms with E-state index < -0.39 is 12.2 Å². The fraction of sp³-hybridized carbons (Fsp3) is 0.462. The van der Waals surface area contributed by atoms with Gasteiger partial charge in [-0.25, -0.2) is 0 Å². The number of hydrogen-bond donors (Lipinski definition) is 2. The van der Waals surface area contributed by atoms with E-state index in [0.717, 1.165) is 0 Å². The van der Waals surface area contributed by atoms with Crippen LogP contribution in [-0.2, 0) is 4.79 Å². The summed E-state index contributed by atoms with van der Waals surface area (Å²) in [6.07, 6.45) is -0.660. The highest BCUT2D eigenvalue weighted by molar-refractivity contribution is 6.32. The number of ether oxygens (including phenoxy) is 1. The molecule has 0 saturated carbocycles. The van der Waals surface area contributed by atoms with Gasteiger partial charge in [0.25, 0.3) is 5.91 Å². The molecule has 18 heavy (non-hydrogen) atoms. The van der Waals surface area contributed by atoms with Crippen LogP contribution in [0, 0.1) is 0 Å². The Kier molecular flexibility index (Phi) is 5.95. The molecule has 0 fully saturated rings. The predicted octanol–water partition coefficient (Wildman–Crippen LogP) is 1.99. The largest absolute Gasteiger partial charge is 0.479 e. The first-order valence-corrected chi connectivity index (χ1v) is 6.29. The number of aliphatic hydroxyl groups excluding tert-OH is 1. The molecule has 0 radical (unpaired) electrons. The Morgan fingerprint density at radius 1 is 1.50 bits per heavy atom. The monoisotopic (exact) mass is 271 g/mol. The van der Waals surface area contributed by atoms with Crippen LogP contribution in [0.25, 0.3) is 0 Å². The summed E-state index contributed by atoms with van der Waals surface area (Å²) in [6.45, 7) is 3.67. The normalized spacial score (nSPS) is 13.8. The molecule has 2 unspecified atom stereocenters. The zero-order chi connectivity index (χ0) is 13.5. The van der Waals surface area contributed by atoms with Crippen LogP contribution >= 0.6 is 11.6 Å². The molecule has 0 aliphatic heterocycles. The number of hydrogen-bond acceptors (Lipinski definition) is 3. The maximum atomic E-state index is 11.8. The molecule has 0 saturated heterocycles. The molecule has 0 aliphatic rings. The molecule has 1 amide bonds. The Hall–Kier alpha value is -1.26. The number of halogens is 1. The Balaban J connectivity index is 2.62. The zero-order valence-corrected chi connectivity index (χ0v) is 11.3. The maximum absolute atomic E-state index is 11.8. The first-order chi connectivity index (χ1) is 8.54. The van der Waals surface area contributed by atoms with Crippen LogP contribution in [0.1, 0.15) is 20.3 Å². The first kappa shape index (κ1) is 14.8. The Bertz CT molecular complexity index is 396. The fourth-order valence-electron chi connectivity index (χ4n) is 1.38. The van der Waals surface area contributed by atoms with E-state index in [1.165, 1.54) is 0 Å². The summed E-state index contributed by atoms with van der Waals surface area (Å²) in [4.78, 5) is 11.8. The number of rotatable bonds is 6. The van der Waals surface area contributed by atoms with Gasteiger partial charge in [-0.05, 0) is 25.5 Å². The van der Waals surface area contributed by atoms with Crippen molar-refractivity contribution in [2.75, 3.05) is 6.54 Å². The van der Waals surface area contributed by atoms with Crippen molar-refractivity contribution in [3.63, 3.8) is 0 Å². The van der Waals surface area contributed by atoms with E-state index in [-0.39, 0.29) is 12.5 Å². The van der Waals surface area contributed by atoms with Crippen LogP contribution < -0.4 is 10.1 Å². The third-order valence-electron chi connectivity index (χ3n) is 2.34. The molecule has 0 aliphatic carbocycles. The van der Waals surface area contributed by atoms with Gasteiger partial charge in [-0.3, -0.25) is 4.79 Å². The van der Waals surface area contributed by atoms with Crippen molar-refractivity contribution < 1.29 is 14.6 Å². The second-order valence-electron chi connectivity index (χ2n) is 4.04. The lowest BCUT2D eigenvalue weighted by atomic mass is 10.2. The van der Waals surface area contributed by atoms with Gasteiger partial charge < -0.3 is 15.2 Å². The van der Waals surface area contributed by atoms with Crippen LogP contribution in [-0.4, -0.2) is 29.8 Å². The molecular formula is C13H18ClNO3. The molecule has 0 spiro atoms. The topological polar surface area (TPSA) is 58.6 Å². The van der Waals surface area contributed by atoms with Crippen molar-refractivity contribution in [2.24, 2.45) is 0 Å². The summed E-state index contributed by atoms with van der Waals surface area (Å²) >= 11 is 5.96. The highest BCUT2D eigenvalue weighted by atomic mass is 35.5. The molecule has 100 valence electrons. The van der Waals surface area contributed by atoms with Crippen LogP contribution in [0.3, 0.4) is 0 Å². The molecule has 2 N–H and O–H groups in total. The molecule has 5 heteroatoms. The van der Waals surface area contributed by atoms with Crippen molar-refractivity contribution in [2.45, 2.75) is 32.5 Å². The molecule has 1 aromatic rings. The predicted molar refractivity (Wildman–Crippen MR) is 70.8 cm³/mol. The number of aliphatic hydroxyl groups is 1. The summed E-state index contributed by atoms with van der Waals surface area (Å²) < 4.78 is 5.56. The summed E-state index contributed by atoms with van der Waals surface area (Å²) in [5, 5.41) is 12.2. The second kappa shape index (κ2) is 7.24. The van der Waals surface area contributed by atoms with E-state index in [1.54, 1.807) is 31.2 Å². The summed E-state index contributed by atoms with van der Waals surface area (Å²) in [7, 11) is 0. The average Bonchev–Trinajstić information content (AvgIpc) is 2.35. The Labute approximate surface area is 112 Å². The van der Waals surface area contributed by atoms with Crippen molar-refractivity contribution >= 4 is 17.5 Å². The molecule has 0 aromatic heterocycles. The number of benzene rings is 1. The van der Waals surface area contributed by atoms with Gasteiger partial charge in [-0.15, -0.1) is 0 Å². The minimum absolute atomic E-state index is 0.210. The summed E-state index contributed by atoms with van der Waals surface area (Å²) in [5.41, 5.74) is 0. The lowest BCUT2D eigenvalue weighted by Crippen LogP contribution is -2.40. The van der Waals surface area contributed by atoms with Crippen LogP contribution in [0.15, 0.2) is 24.3 Å². The molecule has 1 aromatic carbocycles. The summed E-state index contributed by atoms with van der Waals surface area (Å²) in [5.74, 6) is 0.233. The second-order valence-corrected chi connectivity index (χ2v) is 4.45. The Morgan fingerprint density at radius 2 is 2.17 bits per heavy atom. The standard InChI is InChI=1S/C13H18ClNO3/c1-3-11(13(17)15-8-9(2)16)18-12-7-5-4-6-10(12)14/h4-7,9,11,16H,3,8H2,1-2H3,(H,15,17).